The molecule has 4 aromatic rings. The Kier molecular flexibility index (Phi) is 6.26. The molecule has 0 saturated heterocycles. The van der Waals surface area contributed by atoms with Crippen molar-refractivity contribution in [3.8, 4) is 5.75 Å². The van der Waals surface area contributed by atoms with E-state index in [2.05, 4.69) is 20.0 Å². The van der Waals surface area contributed by atoms with Crippen LogP contribution in [0.2, 0.25) is 0 Å². The summed E-state index contributed by atoms with van der Waals surface area (Å²) in [5, 5.41) is 13.0. The highest BCUT2D eigenvalue weighted by atomic mass is 32.1. The number of anilines is 2. The second kappa shape index (κ2) is 8.88. The first-order valence-electron chi connectivity index (χ1n) is 10.5. The highest BCUT2D eigenvalue weighted by Gasteiger charge is 2.31. The van der Waals surface area contributed by atoms with Gasteiger partial charge in [0.2, 0.25) is 5.95 Å². The van der Waals surface area contributed by atoms with Gasteiger partial charge in [0.25, 0.3) is 0 Å². The minimum Gasteiger partial charge on any atom is -0.406 e. The molecule has 2 aromatic carbocycles. The van der Waals surface area contributed by atoms with E-state index in [1.807, 2.05) is 31.5 Å². The Bertz CT molecular complexity index is 1360. The molecule has 4 rings (SSSR count). The number of nitrogens with one attached hydrogen (secondary N) is 1. The summed E-state index contributed by atoms with van der Waals surface area (Å²) in [5.74, 6) is 0.149. The van der Waals surface area contributed by atoms with Crippen LogP contribution in [-0.4, -0.2) is 38.4 Å². The largest absolute Gasteiger partial charge is 0.573 e. The van der Waals surface area contributed by atoms with E-state index in [0.717, 1.165) is 5.52 Å². The van der Waals surface area contributed by atoms with E-state index in [1.54, 1.807) is 12.1 Å². The number of carbonyl (C=O) groups is 1. The molecule has 0 bridgehead atoms. The van der Waals surface area contributed by atoms with Crippen molar-refractivity contribution in [2.45, 2.75) is 33.1 Å². The number of hydrogen-bond donors (Lipinski definition) is 2. The zero-order chi connectivity index (χ0) is 24.7. The number of aliphatic hydroxyl groups is 1. The molecule has 0 radical (unpaired) electrons. The molecule has 2 N–H and O–H groups in total. The maximum absolute atomic E-state index is 12.6. The van der Waals surface area contributed by atoms with E-state index in [1.165, 1.54) is 29.5 Å². The Balaban J connectivity index is 1.55. The van der Waals surface area contributed by atoms with E-state index >= 15 is 0 Å². The molecule has 180 valence electrons. The lowest BCUT2D eigenvalue weighted by atomic mass is 9.87. The predicted molar refractivity (Wildman–Crippen MR) is 125 cm³/mol. The Morgan fingerprint density at radius 1 is 1.15 bits per heavy atom. The average Bonchev–Trinajstić information content (AvgIpc) is 3.30. The van der Waals surface area contributed by atoms with Gasteiger partial charge in [-0.3, -0.25) is 4.79 Å². The highest BCUT2D eigenvalue weighted by Crippen LogP contribution is 2.33. The summed E-state index contributed by atoms with van der Waals surface area (Å²) in [4.78, 5) is 21.6. The number of aromatic nitrogens is 3. The number of alkyl halides is 3. The van der Waals surface area contributed by atoms with Crippen molar-refractivity contribution < 1.29 is 27.8 Å². The van der Waals surface area contributed by atoms with Gasteiger partial charge in [-0.15, -0.1) is 13.2 Å². The molecule has 34 heavy (non-hydrogen) atoms. The zero-order valence-corrected chi connectivity index (χ0v) is 19.5. The van der Waals surface area contributed by atoms with Gasteiger partial charge in [0.05, 0.1) is 21.3 Å². The van der Waals surface area contributed by atoms with Crippen molar-refractivity contribution >= 4 is 49.4 Å². The smallest absolute Gasteiger partial charge is 0.406 e. The number of thiazole rings is 1. The normalized spacial score (nSPS) is 12.4. The standard InChI is InChI=1S/C23H23F3N4O3S/c1-22(2,12-31)9-8-18(32)13-4-7-17-16(10-13)27-20(30(17)3)29-21-28-15-6-5-14(11-19(15)34-21)33-23(24,25)26/h4-7,10-11,31H,8-9,12H2,1-3H3,(H,27,28,29). The van der Waals surface area contributed by atoms with Crippen LogP contribution in [0, 0.1) is 5.41 Å². The number of nitrogens with zero attached hydrogens (tertiary/aromatic N) is 3. The number of carbonyl (C=O) groups excluding carboxylic acids is 1. The molecule has 0 atom stereocenters. The third-order valence-corrected chi connectivity index (χ3v) is 6.41. The quantitative estimate of drug-likeness (QED) is 0.302. The van der Waals surface area contributed by atoms with Crippen LogP contribution in [0.1, 0.15) is 37.0 Å². The lowest BCUT2D eigenvalue weighted by molar-refractivity contribution is -0.274. The summed E-state index contributed by atoms with van der Waals surface area (Å²) < 4.78 is 43.8. The number of rotatable bonds is 8. The molecule has 0 saturated carbocycles. The average molecular weight is 493 g/mol. The van der Waals surface area contributed by atoms with E-state index < -0.39 is 6.36 Å². The van der Waals surface area contributed by atoms with Crippen LogP contribution >= 0.6 is 11.3 Å². The molecule has 0 unspecified atom stereocenters. The van der Waals surface area contributed by atoms with Crippen molar-refractivity contribution in [1.82, 2.24) is 14.5 Å². The fourth-order valence-electron chi connectivity index (χ4n) is 3.41. The van der Waals surface area contributed by atoms with Gasteiger partial charge < -0.3 is 19.7 Å². The molecular weight excluding hydrogens is 469 g/mol. The molecule has 0 aliphatic carbocycles. The van der Waals surface area contributed by atoms with Gasteiger partial charge >= 0.3 is 6.36 Å². The number of halogens is 3. The molecule has 0 aliphatic rings. The number of imidazole rings is 1. The lowest BCUT2D eigenvalue weighted by Crippen LogP contribution is -2.18. The van der Waals surface area contributed by atoms with Crippen molar-refractivity contribution in [3.05, 3.63) is 42.0 Å². The molecule has 2 aromatic heterocycles. The number of Topliss-reactive ketones (excluding diaryl/α,β-unsaturated/α-hetero) is 1. The fraction of sp³-hybridized carbons (Fsp3) is 0.348. The number of ketones is 1. The van der Waals surface area contributed by atoms with Gasteiger partial charge in [0.1, 0.15) is 5.75 Å². The SMILES string of the molecule is Cn1c(Nc2nc3ccc(OC(F)(F)F)cc3s2)nc2cc(C(=O)CCC(C)(C)CO)ccc21. The van der Waals surface area contributed by atoms with Gasteiger partial charge in [0, 0.05) is 31.7 Å². The Morgan fingerprint density at radius 3 is 2.62 bits per heavy atom. The van der Waals surface area contributed by atoms with Crippen LogP contribution < -0.4 is 10.1 Å². The molecule has 0 aliphatic heterocycles. The summed E-state index contributed by atoms with van der Waals surface area (Å²) in [6, 6.07) is 9.26. The third-order valence-electron chi connectivity index (χ3n) is 5.47. The zero-order valence-electron chi connectivity index (χ0n) is 18.7. The monoisotopic (exact) mass is 492 g/mol. The van der Waals surface area contributed by atoms with Crippen molar-refractivity contribution in [3.63, 3.8) is 0 Å². The first-order chi connectivity index (χ1) is 15.9. The highest BCUT2D eigenvalue weighted by molar-refractivity contribution is 7.22. The van der Waals surface area contributed by atoms with Crippen LogP contribution in [0.15, 0.2) is 36.4 Å². The van der Waals surface area contributed by atoms with Crippen LogP contribution in [0.4, 0.5) is 24.3 Å². The van der Waals surface area contributed by atoms with Crippen molar-refractivity contribution in [1.29, 1.82) is 0 Å². The van der Waals surface area contributed by atoms with Gasteiger partial charge in [-0.05, 0) is 42.2 Å². The minimum absolute atomic E-state index is 0.0109. The van der Waals surface area contributed by atoms with Crippen molar-refractivity contribution in [2.24, 2.45) is 12.5 Å². The summed E-state index contributed by atoms with van der Waals surface area (Å²) in [5.41, 5.74) is 2.18. The van der Waals surface area contributed by atoms with Gasteiger partial charge in [0.15, 0.2) is 10.9 Å². The predicted octanol–water partition coefficient (Wildman–Crippen LogP) is 5.81. The molecule has 0 spiro atoms. The first-order valence-corrected chi connectivity index (χ1v) is 11.3. The maximum atomic E-state index is 12.6. The number of benzene rings is 2. The summed E-state index contributed by atoms with van der Waals surface area (Å²) in [6.45, 7) is 3.83. The van der Waals surface area contributed by atoms with E-state index in [9.17, 15) is 23.1 Å². The number of aryl methyl sites for hydroxylation is 1. The van der Waals surface area contributed by atoms with Crippen LogP contribution in [0.25, 0.3) is 21.3 Å². The number of fused-ring (bicyclic) bond motifs is 2. The molecule has 0 fully saturated rings. The second-order valence-corrected chi connectivity index (χ2v) is 9.80. The maximum Gasteiger partial charge on any atom is 0.573 e. The minimum atomic E-state index is -4.76. The molecule has 2 heterocycles. The summed E-state index contributed by atoms with van der Waals surface area (Å²) in [6.07, 6.45) is -3.87. The first kappa shape index (κ1) is 24.0. The summed E-state index contributed by atoms with van der Waals surface area (Å²) in [7, 11) is 1.81. The topological polar surface area (TPSA) is 89.3 Å². The van der Waals surface area contributed by atoms with Gasteiger partial charge in [-0.1, -0.05) is 25.2 Å². The molecular formula is C23H23F3N4O3S. The number of aliphatic hydroxyl groups excluding tert-OH is 1. The number of hydrogen-bond acceptors (Lipinski definition) is 7. The van der Waals surface area contributed by atoms with Gasteiger partial charge in [-0.25, -0.2) is 9.97 Å². The molecule has 7 nitrogen and oxygen atoms in total. The Labute approximate surface area is 197 Å². The van der Waals surface area contributed by atoms with E-state index in [0.29, 0.717) is 45.2 Å². The summed E-state index contributed by atoms with van der Waals surface area (Å²) >= 11 is 1.17. The van der Waals surface area contributed by atoms with Gasteiger partial charge in [-0.2, -0.15) is 0 Å². The third kappa shape index (κ3) is 5.31. The Morgan fingerprint density at radius 2 is 1.91 bits per heavy atom. The number of ether oxygens (including phenoxy) is 1. The lowest BCUT2D eigenvalue weighted by Gasteiger charge is -2.20. The van der Waals surface area contributed by atoms with E-state index in [4.69, 9.17) is 0 Å². The molecule has 11 heteroatoms. The fourth-order valence-corrected chi connectivity index (χ4v) is 4.30. The van der Waals surface area contributed by atoms with Crippen LogP contribution in [0.5, 0.6) is 5.75 Å². The van der Waals surface area contributed by atoms with Crippen molar-refractivity contribution in [2.75, 3.05) is 11.9 Å². The van der Waals surface area contributed by atoms with Crippen LogP contribution in [-0.2, 0) is 7.05 Å². The Hall–Kier alpha value is -3.18. The van der Waals surface area contributed by atoms with Crippen LogP contribution in [0.3, 0.4) is 0 Å². The van der Waals surface area contributed by atoms with E-state index in [-0.39, 0.29) is 23.6 Å². The molecule has 0 amide bonds. The second-order valence-electron chi connectivity index (χ2n) is 8.76.